The second-order valence-corrected chi connectivity index (χ2v) is 4.17. The molecule has 1 nitrogen and oxygen atoms in total. The molecular weight excluding hydrogens is 158 g/mol. The minimum atomic E-state index is 0.788. The van der Waals surface area contributed by atoms with Crippen molar-refractivity contribution < 1.29 is 0 Å². The molecule has 0 rings (SSSR count). The molecule has 0 bridgehead atoms. The Hall–Kier alpha value is -0.300. The van der Waals surface area contributed by atoms with Gasteiger partial charge in [0.25, 0.3) is 0 Å². The van der Waals surface area contributed by atoms with Crippen molar-refractivity contribution in [1.29, 1.82) is 0 Å². The summed E-state index contributed by atoms with van der Waals surface area (Å²) >= 11 is 0. The van der Waals surface area contributed by atoms with E-state index in [-0.39, 0.29) is 0 Å². The highest BCUT2D eigenvalue weighted by molar-refractivity contribution is 4.72. The lowest BCUT2D eigenvalue weighted by Crippen LogP contribution is -2.23. The summed E-state index contributed by atoms with van der Waals surface area (Å²) in [5, 5.41) is 3.46. The van der Waals surface area contributed by atoms with E-state index in [1.165, 1.54) is 12.8 Å². The van der Waals surface area contributed by atoms with E-state index < -0.39 is 0 Å². The van der Waals surface area contributed by atoms with Gasteiger partial charge in [-0.2, -0.15) is 0 Å². The zero-order chi connectivity index (χ0) is 10.1. The fraction of sp³-hybridized carbons (Fsp3) is 0.833. The van der Waals surface area contributed by atoms with E-state index in [9.17, 15) is 0 Å². The highest BCUT2D eigenvalue weighted by Gasteiger charge is 2.06. The third-order valence-corrected chi connectivity index (χ3v) is 2.29. The molecule has 0 spiro atoms. The molecule has 0 aromatic rings. The quantitative estimate of drug-likeness (QED) is 0.450. The third kappa shape index (κ3) is 8.04. The van der Waals surface area contributed by atoms with Crippen LogP contribution >= 0.6 is 0 Å². The molecule has 0 aliphatic heterocycles. The molecule has 0 aliphatic rings. The van der Waals surface area contributed by atoms with Crippen molar-refractivity contribution in [2.75, 3.05) is 13.1 Å². The number of hydrogen-bond acceptors (Lipinski definition) is 1. The molecule has 0 saturated heterocycles. The smallest absolute Gasteiger partial charge is 0.00231 e. The van der Waals surface area contributed by atoms with Crippen LogP contribution in [0.2, 0.25) is 0 Å². The van der Waals surface area contributed by atoms with Gasteiger partial charge in [0.05, 0.1) is 0 Å². The van der Waals surface area contributed by atoms with Crippen molar-refractivity contribution in [3.8, 4) is 0 Å². The fourth-order valence-corrected chi connectivity index (χ4v) is 1.68. The Bertz CT molecular complexity index is 120. The Labute approximate surface area is 83.6 Å². The molecule has 0 amide bonds. The molecule has 2 atom stereocenters. The normalized spacial score (nSPS) is 15.3. The highest BCUT2D eigenvalue weighted by Crippen LogP contribution is 2.14. The zero-order valence-corrected chi connectivity index (χ0v) is 9.47. The molecule has 1 N–H and O–H groups in total. The first kappa shape index (κ1) is 12.7. The van der Waals surface area contributed by atoms with Crippen LogP contribution in [0.4, 0.5) is 0 Å². The number of rotatable bonds is 8. The van der Waals surface area contributed by atoms with Crippen LogP contribution in [0.3, 0.4) is 0 Å². The summed E-state index contributed by atoms with van der Waals surface area (Å²) in [4.78, 5) is 0. The molecule has 0 fully saturated rings. The van der Waals surface area contributed by atoms with Gasteiger partial charge >= 0.3 is 0 Å². The summed E-state index contributed by atoms with van der Waals surface area (Å²) in [6.45, 7) is 12.9. The molecule has 0 aromatic carbocycles. The topological polar surface area (TPSA) is 12.0 Å². The van der Waals surface area contributed by atoms with Gasteiger partial charge in [-0.25, -0.2) is 0 Å². The van der Waals surface area contributed by atoms with Crippen LogP contribution in [-0.2, 0) is 0 Å². The number of nitrogens with one attached hydrogen (secondary N) is 1. The van der Waals surface area contributed by atoms with Crippen LogP contribution in [0.25, 0.3) is 0 Å². The van der Waals surface area contributed by atoms with E-state index in [2.05, 4.69) is 32.7 Å². The largest absolute Gasteiger partial charge is 0.316 e. The van der Waals surface area contributed by atoms with Crippen molar-refractivity contribution in [3.63, 3.8) is 0 Å². The second-order valence-electron chi connectivity index (χ2n) is 4.17. The molecular formula is C12H25N. The summed E-state index contributed by atoms with van der Waals surface area (Å²) in [6.07, 6.45) is 5.71. The summed E-state index contributed by atoms with van der Waals surface area (Å²) in [7, 11) is 0. The maximum Gasteiger partial charge on any atom is -0.00231 e. The SMILES string of the molecule is C=CCC(C)CC(C)CNCCC. The second kappa shape index (κ2) is 8.31. The Balaban J connectivity index is 3.37. The monoisotopic (exact) mass is 183 g/mol. The minimum Gasteiger partial charge on any atom is -0.316 e. The Morgan fingerprint density at radius 1 is 1.31 bits per heavy atom. The van der Waals surface area contributed by atoms with Gasteiger partial charge in [0, 0.05) is 0 Å². The summed E-state index contributed by atoms with van der Waals surface area (Å²) < 4.78 is 0. The van der Waals surface area contributed by atoms with Crippen LogP contribution in [0.5, 0.6) is 0 Å². The van der Waals surface area contributed by atoms with Gasteiger partial charge < -0.3 is 5.32 Å². The van der Waals surface area contributed by atoms with Gasteiger partial charge in [-0.15, -0.1) is 6.58 Å². The average molecular weight is 183 g/mol. The van der Waals surface area contributed by atoms with Gasteiger partial charge in [-0.1, -0.05) is 26.8 Å². The molecule has 0 aliphatic carbocycles. The van der Waals surface area contributed by atoms with Crippen molar-refractivity contribution in [2.45, 2.75) is 40.0 Å². The van der Waals surface area contributed by atoms with E-state index in [1.54, 1.807) is 0 Å². The molecule has 0 heterocycles. The van der Waals surface area contributed by atoms with Gasteiger partial charge in [0.15, 0.2) is 0 Å². The van der Waals surface area contributed by atoms with E-state index in [4.69, 9.17) is 0 Å². The van der Waals surface area contributed by atoms with Crippen LogP contribution in [0.15, 0.2) is 12.7 Å². The third-order valence-electron chi connectivity index (χ3n) is 2.29. The van der Waals surface area contributed by atoms with Gasteiger partial charge in [0.2, 0.25) is 0 Å². The van der Waals surface area contributed by atoms with Crippen molar-refractivity contribution in [1.82, 2.24) is 5.32 Å². The zero-order valence-electron chi connectivity index (χ0n) is 9.47. The fourth-order valence-electron chi connectivity index (χ4n) is 1.68. The van der Waals surface area contributed by atoms with Crippen molar-refractivity contribution in [3.05, 3.63) is 12.7 Å². The number of hydrogen-bond donors (Lipinski definition) is 1. The molecule has 13 heavy (non-hydrogen) atoms. The molecule has 0 radical (unpaired) electrons. The van der Waals surface area contributed by atoms with Crippen molar-refractivity contribution >= 4 is 0 Å². The predicted molar refractivity (Wildman–Crippen MR) is 60.9 cm³/mol. The van der Waals surface area contributed by atoms with Gasteiger partial charge in [0.1, 0.15) is 0 Å². The van der Waals surface area contributed by atoms with E-state index >= 15 is 0 Å². The summed E-state index contributed by atoms with van der Waals surface area (Å²) in [5.41, 5.74) is 0. The Morgan fingerprint density at radius 3 is 2.54 bits per heavy atom. The average Bonchev–Trinajstić information content (AvgIpc) is 2.05. The van der Waals surface area contributed by atoms with E-state index in [0.717, 1.165) is 31.3 Å². The van der Waals surface area contributed by atoms with Crippen LogP contribution < -0.4 is 5.32 Å². The minimum absolute atomic E-state index is 0.788. The lowest BCUT2D eigenvalue weighted by molar-refractivity contribution is 0.398. The van der Waals surface area contributed by atoms with Crippen LogP contribution in [0.1, 0.15) is 40.0 Å². The van der Waals surface area contributed by atoms with E-state index in [0.29, 0.717) is 0 Å². The maximum absolute atomic E-state index is 3.77. The molecule has 0 saturated carbocycles. The van der Waals surface area contributed by atoms with Crippen LogP contribution in [0, 0.1) is 11.8 Å². The van der Waals surface area contributed by atoms with Gasteiger partial charge in [-0.3, -0.25) is 0 Å². The standard InChI is InChI=1S/C12H25N/c1-5-7-11(3)9-12(4)10-13-8-6-2/h5,11-13H,1,6-10H2,2-4H3. The summed E-state index contributed by atoms with van der Waals surface area (Å²) in [5.74, 6) is 1.58. The Kier molecular flexibility index (Phi) is 8.11. The Morgan fingerprint density at radius 2 is 2.00 bits per heavy atom. The molecule has 78 valence electrons. The predicted octanol–water partition coefficient (Wildman–Crippen LogP) is 3.22. The first-order valence-corrected chi connectivity index (χ1v) is 5.52. The van der Waals surface area contributed by atoms with Crippen molar-refractivity contribution in [2.24, 2.45) is 11.8 Å². The molecule has 0 aromatic heterocycles. The lowest BCUT2D eigenvalue weighted by atomic mass is 9.95. The molecule has 1 heteroatoms. The van der Waals surface area contributed by atoms with E-state index in [1.807, 2.05) is 6.08 Å². The highest BCUT2D eigenvalue weighted by atomic mass is 14.8. The van der Waals surface area contributed by atoms with Crippen LogP contribution in [-0.4, -0.2) is 13.1 Å². The molecule has 2 unspecified atom stereocenters. The lowest BCUT2D eigenvalue weighted by Gasteiger charge is -2.16. The summed E-state index contributed by atoms with van der Waals surface area (Å²) in [6, 6.07) is 0. The number of allylic oxidation sites excluding steroid dienone is 1. The maximum atomic E-state index is 3.77. The first-order chi connectivity index (χ1) is 6.20. The first-order valence-electron chi connectivity index (χ1n) is 5.52. The van der Waals surface area contributed by atoms with Gasteiger partial charge in [-0.05, 0) is 44.2 Å².